The van der Waals surface area contributed by atoms with Crippen LogP contribution in [0, 0.1) is 5.92 Å². The summed E-state index contributed by atoms with van der Waals surface area (Å²) in [6, 6.07) is 4.35. The normalized spacial score (nSPS) is 19.5. The second-order valence-corrected chi connectivity index (χ2v) is 6.90. The number of hydrogen-bond acceptors (Lipinski definition) is 5. The number of methoxy groups -OCH3 is 2. The molecule has 1 aliphatic rings. The lowest BCUT2D eigenvalue weighted by molar-refractivity contribution is -0.133. The molecule has 0 radical (unpaired) electrons. The van der Waals surface area contributed by atoms with Crippen molar-refractivity contribution in [2.24, 2.45) is 5.92 Å². The number of nitrogens with zero attached hydrogens (tertiary/aromatic N) is 1. The van der Waals surface area contributed by atoms with Gasteiger partial charge in [-0.25, -0.2) is 4.79 Å². The second kappa shape index (κ2) is 7.63. The zero-order valence-electron chi connectivity index (χ0n) is 15.7. The number of rotatable bonds is 7. The van der Waals surface area contributed by atoms with Gasteiger partial charge < -0.3 is 20.1 Å². The van der Waals surface area contributed by atoms with Gasteiger partial charge in [0.05, 0.1) is 14.2 Å². The van der Waals surface area contributed by atoms with Crippen LogP contribution in [0.25, 0.3) is 0 Å². The van der Waals surface area contributed by atoms with Crippen molar-refractivity contribution in [1.29, 1.82) is 0 Å². The van der Waals surface area contributed by atoms with Crippen LogP contribution in [0.1, 0.15) is 27.2 Å². The average Bonchev–Trinajstić information content (AvgIpc) is 2.76. The largest absolute Gasteiger partial charge is 0.497 e. The molecule has 2 N–H and O–H groups in total. The van der Waals surface area contributed by atoms with E-state index in [9.17, 15) is 14.4 Å². The molecule has 8 heteroatoms. The Morgan fingerprint density at radius 2 is 1.77 bits per heavy atom. The molecule has 0 bridgehead atoms. The topological polar surface area (TPSA) is 97.0 Å². The summed E-state index contributed by atoms with van der Waals surface area (Å²) in [7, 11) is 3.01. The van der Waals surface area contributed by atoms with Crippen LogP contribution < -0.4 is 20.1 Å². The molecule has 0 aromatic heterocycles. The molecule has 142 valence electrons. The van der Waals surface area contributed by atoms with E-state index in [1.165, 1.54) is 14.2 Å². The van der Waals surface area contributed by atoms with Gasteiger partial charge in [0.1, 0.15) is 23.6 Å². The molecular formula is C18H25N3O5. The van der Waals surface area contributed by atoms with Crippen molar-refractivity contribution in [2.45, 2.75) is 32.7 Å². The predicted octanol–water partition coefficient (Wildman–Crippen LogP) is 2.00. The zero-order valence-corrected chi connectivity index (χ0v) is 15.7. The number of anilines is 1. The van der Waals surface area contributed by atoms with Gasteiger partial charge in [0.2, 0.25) is 5.91 Å². The van der Waals surface area contributed by atoms with E-state index in [-0.39, 0.29) is 12.5 Å². The number of imide groups is 1. The van der Waals surface area contributed by atoms with Gasteiger partial charge in [-0.1, -0.05) is 13.8 Å². The summed E-state index contributed by atoms with van der Waals surface area (Å²) >= 11 is 0. The minimum Gasteiger partial charge on any atom is -0.497 e. The molecule has 4 amide bonds. The van der Waals surface area contributed by atoms with E-state index in [1.807, 2.05) is 13.8 Å². The van der Waals surface area contributed by atoms with Gasteiger partial charge in [-0.2, -0.15) is 0 Å². The average molecular weight is 363 g/mol. The first-order valence-corrected chi connectivity index (χ1v) is 8.35. The summed E-state index contributed by atoms with van der Waals surface area (Å²) in [5, 5.41) is 5.34. The maximum Gasteiger partial charge on any atom is 0.325 e. The van der Waals surface area contributed by atoms with E-state index >= 15 is 0 Å². The summed E-state index contributed by atoms with van der Waals surface area (Å²) in [5.41, 5.74) is -0.534. The molecule has 2 rings (SSSR count). The fourth-order valence-electron chi connectivity index (χ4n) is 3.07. The molecule has 0 aliphatic carbocycles. The maximum atomic E-state index is 12.6. The van der Waals surface area contributed by atoms with Crippen LogP contribution in [-0.4, -0.2) is 49.0 Å². The molecule has 0 spiro atoms. The molecule has 1 atom stereocenters. The molecule has 1 aromatic carbocycles. The highest BCUT2D eigenvalue weighted by atomic mass is 16.5. The van der Waals surface area contributed by atoms with Crippen molar-refractivity contribution < 1.29 is 23.9 Å². The molecule has 1 aliphatic heterocycles. The highest BCUT2D eigenvalue weighted by molar-refractivity contribution is 6.09. The van der Waals surface area contributed by atoms with Crippen molar-refractivity contribution in [1.82, 2.24) is 10.2 Å². The van der Waals surface area contributed by atoms with E-state index in [0.717, 1.165) is 4.90 Å². The van der Waals surface area contributed by atoms with Gasteiger partial charge in [0.25, 0.3) is 5.91 Å². The Kier molecular flexibility index (Phi) is 5.74. The Hall–Kier alpha value is -2.77. The summed E-state index contributed by atoms with van der Waals surface area (Å²) < 4.78 is 10.3. The first kappa shape index (κ1) is 19.6. The number of carbonyl (C=O) groups is 3. The van der Waals surface area contributed by atoms with Crippen molar-refractivity contribution >= 4 is 23.5 Å². The molecule has 1 saturated heterocycles. The zero-order chi connectivity index (χ0) is 19.5. The third-order valence-corrected chi connectivity index (χ3v) is 4.10. The number of hydrogen-bond donors (Lipinski definition) is 2. The molecule has 26 heavy (non-hydrogen) atoms. The molecule has 1 fully saturated rings. The van der Waals surface area contributed by atoms with Crippen LogP contribution in [0.15, 0.2) is 18.2 Å². The third kappa shape index (κ3) is 4.25. The Labute approximate surface area is 152 Å². The van der Waals surface area contributed by atoms with Crippen LogP contribution in [-0.2, 0) is 9.59 Å². The number of ether oxygens (including phenoxy) is 2. The first-order chi connectivity index (χ1) is 12.2. The van der Waals surface area contributed by atoms with Crippen molar-refractivity contribution in [3.8, 4) is 11.5 Å². The van der Waals surface area contributed by atoms with Crippen LogP contribution in [0.3, 0.4) is 0 Å². The standard InChI is InChI=1S/C18H25N3O5/c1-11(2)9-18(3)16(23)21(17(24)20-18)10-15(22)19-12-6-13(25-4)8-14(7-12)26-5/h6-8,11H,9-10H2,1-5H3,(H,19,22)(H,20,24)/t18-/m0/s1. The predicted molar refractivity (Wildman–Crippen MR) is 96.3 cm³/mol. The lowest BCUT2D eigenvalue weighted by atomic mass is 9.91. The van der Waals surface area contributed by atoms with Gasteiger partial charge in [0.15, 0.2) is 0 Å². The summed E-state index contributed by atoms with van der Waals surface area (Å²) in [6.45, 7) is 5.25. The number of nitrogens with one attached hydrogen (secondary N) is 2. The Morgan fingerprint density at radius 1 is 1.19 bits per heavy atom. The Balaban J connectivity index is 2.08. The minimum atomic E-state index is -0.981. The second-order valence-electron chi connectivity index (χ2n) is 6.90. The quantitative estimate of drug-likeness (QED) is 0.722. The summed E-state index contributed by atoms with van der Waals surface area (Å²) in [5.74, 6) is 0.368. The van der Waals surface area contributed by atoms with Gasteiger partial charge in [-0.3, -0.25) is 14.5 Å². The molecular weight excluding hydrogens is 338 g/mol. The van der Waals surface area contributed by atoms with Gasteiger partial charge in [0, 0.05) is 23.9 Å². The van der Waals surface area contributed by atoms with E-state index in [1.54, 1.807) is 25.1 Å². The fourth-order valence-corrected chi connectivity index (χ4v) is 3.07. The molecule has 1 heterocycles. The Bertz CT molecular complexity index is 697. The number of benzene rings is 1. The smallest absolute Gasteiger partial charge is 0.325 e. The molecule has 1 aromatic rings. The molecule has 0 unspecified atom stereocenters. The van der Waals surface area contributed by atoms with Crippen molar-refractivity contribution in [3.05, 3.63) is 18.2 Å². The van der Waals surface area contributed by atoms with E-state index < -0.39 is 23.4 Å². The summed E-state index contributed by atoms with van der Waals surface area (Å²) in [4.78, 5) is 38.0. The highest BCUT2D eigenvalue weighted by Gasteiger charge is 2.48. The molecule has 0 saturated carbocycles. The lowest BCUT2D eigenvalue weighted by Crippen LogP contribution is -2.45. The lowest BCUT2D eigenvalue weighted by Gasteiger charge is -2.23. The van der Waals surface area contributed by atoms with Gasteiger partial charge in [-0.05, 0) is 19.3 Å². The van der Waals surface area contributed by atoms with Crippen LogP contribution in [0.5, 0.6) is 11.5 Å². The SMILES string of the molecule is COc1cc(NC(=O)CN2C(=O)N[C@@](C)(CC(C)C)C2=O)cc(OC)c1. The van der Waals surface area contributed by atoms with Crippen LogP contribution in [0.4, 0.5) is 10.5 Å². The van der Waals surface area contributed by atoms with Crippen LogP contribution in [0.2, 0.25) is 0 Å². The fraction of sp³-hybridized carbons (Fsp3) is 0.500. The van der Waals surface area contributed by atoms with E-state index in [4.69, 9.17) is 9.47 Å². The number of urea groups is 1. The number of amides is 4. The highest BCUT2D eigenvalue weighted by Crippen LogP contribution is 2.27. The monoisotopic (exact) mass is 363 g/mol. The third-order valence-electron chi connectivity index (χ3n) is 4.10. The maximum absolute atomic E-state index is 12.6. The first-order valence-electron chi connectivity index (χ1n) is 8.35. The van der Waals surface area contributed by atoms with Crippen molar-refractivity contribution in [2.75, 3.05) is 26.1 Å². The van der Waals surface area contributed by atoms with Gasteiger partial charge >= 0.3 is 6.03 Å². The molecule has 8 nitrogen and oxygen atoms in total. The Morgan fingerprint density at radius 3 is 2.27 bits per heavy atom. The van der Waals surface area contributed by atoms with Crippen LogP contribution >= 0.6 is 0 Å². The van der Waals surface area contributed by atoms with E-state index in [2.05, 4.69) is 10.6 Å². The minimum absolute atomic E-state index is 0.224. The van der Waals surface area contributed by atoms with Gasteiger partial charge in [-0.15, -0.1) is 0 Å². The van der Waals surface area contributed by atoms with Crippen molar-refractivity contribution in [3.63, 3.8) is 0 Å². The number of carbonyl (C=O) groups excluding carboxylic acids is 3. The van der Waals surface area contributed by atoms with E-state index in [0.29, 0.717) is 23.6 Å². The summed E-state index contributed by atoms with van der Waals surface area (Å²) in [6.07, 6.45) is 0.503.